The van der Waals surface area contributed by atoms with Gasteiger partial charge in [-0.3, -0.25) is 0 Å². The van der Waals surface area contributed by atoms with E-state index in [1.165, 1.54) is 6.33 Å². The van der Waals surface area contributed by atoms with Crippen molar-refractivity contribution >= 4 is 28.5 Å². The molecule has 0 radical (unpaired) electrons. The Bertz CT molecular complexity index is 882. The average Bonchev–Trinajstić information content (AvgIpc) is 2.69. The first-order valence-electron chi connectivity index (χ1n) is 8.05. The van der Waals surface area contributed by atoms with Crippen LogP contribution in [-0.2, 0) is 4.74 Å². The number of morpholine rings is 1. The predicted molar refractivity (Wildman–Crippen MR) is 94.4 cm³/mol. The average molecular weight is 338 g/mol. The van der Waals surface area contributed by atoms with Crippen LogP contribution >= 0.6 is 0 Å². The van der Waals surface area contributed by atoms with Crippen molar-refractivity contribution in [2.75, 3.05) is 43.6 Å². The number of aromatic nitrogens is 4. The molecule has 1 aliphatic rings. The molecule has 3 heterocycles. The van der Waals surface area contributed by atoms with Crippen LogP contribution in [0.4, 0.5) is 17.6 Å². The van der Waals surface area contributed by atoms with E-state index in [1.807, 2.05) is 24.3 Å². The highest BCUT2D eigenvalue weighted by Crippen LogP contribution is 2.25. The highest BCUT2D eigenvalue weighted by Gasteiger charge is 2.14. The summed E-state index contributed by atoms with van der Waals surface area (Å²) >= 11 is 0. The molecular weight excluding hydrogens is 320 g/mol. The highest BCUT2D eigenvalue weighted by molar-refractivity contribution is 5.90. The summed E-state index contributed by atoms with van der Waals surface area (Å²) in [7, 11) is 1.63. The fraction of sp³-hybridized carbons (Fsp3) is 0.294. The Kier molecular flexibility index (Phi) is 4.26. The maximum atomic E-state index is 5.39. The number of methoxy groups -OCH3 is 1. The maximum Gasteiger partial charge on any atom is 0.230 e. The Morgan fingerprint density at radius 2 is 2.00 bits per heavy atom. The minimum Gasteiger partial charge on any atom is -0.497 e. The fourth-order valence-electron chi connectivity index (χ4n) is 2.75. The Morgan fingerprint density at radius 3 is 2.84 bits per heavy atom. The van der Waals surface area contributed by atoms with Crippen molar-refractivity contribution in [2.24, 2.45) is 0 Å². The van der Waals surface area contributed by atoms with Crippen LogP contribution in [0, 0.1) is 0 Å². The summed E-state index contributed by atoms with van der Waals surface area (Å²) in [6.45, 7) is 3.08. The summed E-state index contributed by atoms with van der Waals surface area (Å²) in [6.07, 6.45) is 3.25. The van der Waals surface area contributed by atoms with Gasteiger partial charge in [0.05, 0.1) is 25.8 Å². The minimum atomic E-state index is 0.500. The third-order valence-electron chi connectivity index (χ3n) is 4.05. The van der Waals surface area contributed by atoms with Gasteiger partial charge in [0, 0.05) is 30.7 Å². The standard InChI is InChI=1S/C17H18N6O2/c1-24-12-2-3-13-14(10-12)19-11-20-16(13)22-17-18-5-4-15(21-17)23-6-8-25-9-7-23/h2-5,10-11H,6-9H2,1H3,(H,18,19,20,21,22). The van der Waals surface area contributed by atoms with E-state index < -0.39 is 0 Å². The van der Waals surface area contributed by atoms with Gasteiger partial charge in [-0.25, -0.2) is 15.0 Å². The van der Waals surface area contributed by atoms with Gasteiger partial charge in [0.15, 0.2) is 0 Å². The summed E-state index contributed by atoms with van der Waals surface area (Å²) in [4.78, 5) is 19.7. The molecule has 0 atom stereocenters. The van der Waals surface area contributed by atoms with Crippen LogP contribution < -0.4 is 15.0 Å². The molecular formula is C17H18N6O2. The number of benzene rings is 1. The van der Waals surface area contributed by atoms with Gasteiger partial charge in [-0.15, -0.1) is 0 Å². The van der Waals surface area contributed by atoms with Crippen molar-refractivity contribution in [3.8, 4) is 5.75 Å². The smallest absolute Gasteiger partial charge is 0.230 e. The first-order chi connectivity index (χ1) is 12.3. The third-order valence-corrected chi connectivity index (χ3v) is 4.05. The Labute approximate surface area is 144 Å². The van der Waals surface area contributed by atoms with E-state index in [0.717, 1.165) is 35.6 Å². The zero-order valence-electron chi connectivity index (χ0n) is 13.8. The second-order valence-corrected chi connectivity index (χ2v) is 5.57. The Morgan fingerprint density at radius 1 is 1.12 bits per heavy atom. The van der Waals surface area contributed by atoms with Crippen molar-refractivity contribution in [3.63, 3.8) is 0 Å². The van der Waals surface area contributed by atoms with Crippen molar-refractivity contribution < 1.29 is 9.47 Å². The monoisotopic (exact) mass is 338 g/mol. The van der Waals surface area contributed by atoms with Gasteiger partial charge in [0.25, 0.3) is 0 Å². The van der Waals surface area contributed by atoms with Crippen LogP contribution in [0.3, 0.4) is 0 Å². The van der Waals surface area contributed by atoms with E-state index in [9.17, 15) is 0 Å². The molecule has 1 fully saturated rings. The molecule has 25 heavy (non-hydrogen) atoms. The molecule has 0 unspecified atom stereocenters. The molecule has 0 aliphatic carbocycles. The fourth-order valence-corrected chi connectivity index (χ4v) is 2.75. The lowest BCUT2D eigenvalue weighted by Gasteiger charge is -2.27. The van der Waals surface area contributed by atoms with E-state index in [-0.39, 0.29) is 0 Å². The molecule has 1 saturated heterocycles. The number of anilines is 3. The van der Waals surface area contributed by atoms with E-state index in [0.29, 0.717) is 25.0 Å². The van der Waals surface area contributed by atoms with Gasteiger partial charge < -0.3 is 19.7 Å². The van der Waals surface area contributed by atoms with Crippen molar-refractivity contribution in [3.05, 3.63) is 36.8 Å². The molecule has 4 rings (SSSR count). The zero-order chi connectivity index (χ0) is 17.1. The van der Waals surface area contributed by atoms with Crippen LogP contribution in [0.1, 0.15) is 0 Å². The molecule has 1 aliphatic heterocycles. The topological polar surface area (TPSA) is 85.3 Å². The van der Waals surface area contributed by atoms with Crippen molar-refractivity contribution in [2.45, 2.75) is 0 Å². The Hall–Kier alpha value is -3.00. The molecule has 1 aromatic carbocycles. The first-order valence-corrected chi connectivity index (χ1v) is 8.05. The van der Waals surface area contributed by atoms with Gasteiger partial charge in [-0.1, -0.05) is 0 Å². The van der Waals surface area contributed by atoms with E-state index >= 15 is 0 Å². The minimum absolute atomic E-state index is 0.500. The van der Waals surface area contributed by atoms with Gasteiger partial charge in [0.1, 0.15) is 23.7 Å². The largest absolute Gasteiger partial charge is 0.497 e. The summed E-state index contributed by atoms with van der Waals surface area (Å²) in [5.74, 6) is 2.79. The number of nitrogens with zero attached hydrogens (tertiary/aromatic N) is 5. The van der Waals surface area contributed by atoms with Crippen molar-refractivity contribution in [1.82, 2.24) is 19.9 Å². The maximum absolute atomic E-state index is 5.39. The second-order valence-electron chi connectivity index (χ2n) is 5.57. The lowest BCUT2D eigenvalue weighted by molar-refractivity contribution is 0.122. The van der Waals surface area contributed by atoms with E-state index in [1.54, 1.807) is 13.3 Å². The van der Waals surface area contributed by atoms with E-state index in [2.05, 4.69) is 30.2 Å². The quantitative estimate of drug-likeness (QED) is 0.773. The van der Waals surface area contributed by atoms with Gasteiger partial charge in [-0.2, -0.15) is 4.98 Å². The Balaban J connectivity index is 1.63. The molecule has 8 nitrogen and oxygen atoms in total. The van der Waals surface area contributed by atoms with Crippen LogP contribution in [-0.4, -0.2) is 53.3 Å². The molecule has 0 saturated carbocycles. The number of nitrogens with one attached hydrogen (secondary N) is 1. The number of ether oxygens (including phenoxy) is 2. The number of hydrogen-bond donors (Lipinski definition) is 1. The summed E-state index contributed by atoms with van der Waals surface area (Å²) in [6, 6.07) is 7.57. The SMILES string of the molecule is COc1ccc2c(Nc3nccc(N4CCOCC4)n3)ncnc2c1. The molecule has 0 amide bonds. The zero-order valence-corrected chi connectivity index (χ0v) is 13.8. The molecule has 0 spiro atoms. The lowest BCUT2D eigenvalue weighted by Crippen LogP contribution is -2.36. The molecule has 8 heteroatoms. The summed E-state index contributed by atoms with van der Waals surface area (Å²) in [5, 5.41) is 4.07. The first kappa shape index (κ1) is 15.5. The van der Waals surface area contributed by atoms with Crippen LogP contribution in [0.5, 0.6) is 5.75 Å². The highest BCUT2D eigenvalue weighted by atomic mass is 16.5. The predicted octanol–water partition coefficient (Wildman–Crippen LogP) is 2.01. The van der Waals surface area contributed by atoms with Gasteiger partial charge in [-0.05, 0) is 18.2 Å². The van der Waals surface area contributed by atoms with Gasteiger partial charge in [0.2, 0.25) is 5.95 Å². The van der Waals surface area contributed by atoms with Gasteiger partial charge >= 0.3 is 0 Å². The molecule has 1 N–H and O–H groups in total. The summed E-state index contributed by atoms with van der Waals surface area (Å²) < 4.78 is 10.6. The van der Waals surface area contributed by atoms with Crippen molar-refractivity contribution in [1.29, 1.82) is 0 Å². The lowest BCUT2D eigenvalue weighted by atomic mass is 10.2. The number of fused-ring (bicyclic) bond motifs is 1. The second kappa shape index (κ2) is 6.86. The van der Waals surface area contributed by atoms with Crippen LogP contribution in [0.2, 0.25) is 0 Å². The molecule has 128 valence electrons. The van der Waals surface area contributed by atoms with E-state index in [4.69, 9.17) is 9.47 Å². The molecule has 0 bridgehead atoms. The molecule has 2 aromatic heterocycles. The normalized spacial score (nSPS) is 14.5. The summed E-state index contributed by atoms with van der Waals surface area (Å²) in [5.41, 5.74) is 0.793. The third kappa shape index (κ3) is 3.29. The van der Waals surface area contributed by atoms with Crippen LogP contribution in [0.15, 0.2) is 36.8 Å². The molecule has 3 aromatic rings. The number of rotatable bonds is 4. The van der Waals surface area contributed by atoms with Crippen LogP contribution in [0.25, 0.3) is 10.9 Å². The number of hydrogen-bond acceptors (Lipinski definition) is 8.